The van der Waals surface area contributed by atoms with Crippen molar-refractivity contribution < 1.29 is 14.1 Å². The molecule has 3 N–H and O–H groups in total. The molecule has 0 unspecified atom stereocenters. The van der Waals surface area contributed by atoms with Crippen LogP contribution in [0.5, 0.6) is 0 Å². The Balaban J connectivity index is 2.22. The lowest BCUT2D eigenvalue weighted by atomic mass is 10.1. The number of nitrogen functional groups attached to an aromatic ring is 1. The number of aryl methyl sites for hydroxylation is 1. The fourth-order valence-corrected chi connectivity index (χ4v) is 1.79. The number of rotatable bonds is 3. The molecule has 0 heterocycles. The van der Waals surface area contributed by atoms with E-state index in [-0.39, 0.29) is 22.8 Å². The minimum absolute atomic E-state index is 0.0945. The van der Waals surface area contributed by atoms with Crippen LogP contribution < -0.4 is 11.1 Å². The van der Waals surface area contributed by atoms with Crippen LogP contribution in [-0.2, 0) is 0 Å². The zero-order valence-electron chi connectivity index (χ0n) is 11.1. The molecule has 21 heavy (non-hydrogen) atoms. The van der Waals surface area contributed by atoms with E-state index in [1.165, 1.54) is 36.4 Å². The van der Waals surface area contributed by atoms with Gasteiger partial charge in [0.05, 0.1) is 4.92 Å². The summed E-state index contributed by atoms with van der Waals surface area (Å²) in [5.41, 5.74) is 6.18. The molecule has 0 spiro atoms. The number of benzene rings is 2. The van der Waals surface area contributed by atoms with Gasteiger partial charge in [0, 0.05) is 17.3 Å². The summed E-state index contributed by atoms with van der Waals surface area (Å²) in [6.07, 6.45) is 0. The number of amides is 1. The number of nitro groups is 1. The van der Waals surface area contributed by atoms with Crippen molar-refractivity contribution in [2.24, 2.45) is 0 Å². The molecule has 0 saturated heterocycles. The van der Waals surface area contributed by atoms with E-state index in [2.05, 4.69) is 5.32 Å². The molecular weight excluding hydrogens is 277 g/mol. The van der Waals surface area contributed by atoms with Gasteiger partial charge in [0.2, 0.25) is 0 Å². The first-order valence-electron chi connectivity index (χ1n) is 6.00. The number of anilines is 2. The molecule has 0 aliphatic rings. The highest BCUT2D eigenvalue weighted by Gasteiger charge is 2.14. The third kappa shape index (κ3) is 3.14. The van der Waals surface area contributed by atoms with E-state index in [4.69, 9.17) is 5.73 Å². The first kappa shape index (κ1) is 14.4. The Labute approximate surface area is 119 Å². The van der Waals surface area contributed by atoms with Crippen molar-refractivity contribution in [2.45, 2.75) is 6.92 Å². The number of hydrogen-bond donors (Lipinski definition) is 2. The van der Waals surface area contributed by atoms with Crippen molar-refractivity contribution in [3.63, 3.8) is 0 Å². The molecule has 0 aromatic heterocycles. The van der Waals surface area contributed by atoms with Crippen molar-refractivity contribution in [3.05, 3.63) is 63.5 Å². The van der Waals surface area contributed by atoms with Gasteiger partial charge in [0.25, 0.3) is 11.6 Å². The number of hydrogen-bond acceptors (Lipinski definition) is 4. The van der Waals surface area contributed by atoms with Crippen molar-refractivity contribution in [2.75, 3.05) is 11.1 Å². The number of nitrogens with zero attached hydrogens (tertiary/aromatic N) is 1. The lowest BCUT2D eigenvalue weighted by Crippen LogP contribution is -2.12. The van der Waals surface area contributed by atoms with Crippen LogP contribution in [-0.4, -0.2) is 10.8 Å². The number of nitrogens with one attached hydrogen (secondary N) is 1. The molecule has 6 nitrogen and oxygen atoms in total. The van der Waals surface area contributed by atoms with Gasteiger partial charge in [-0.3, -0.25) is 14.9 Å². The average Bonchev–Trinajstić information content (AvgIpc) is 2.42. The van der Waals surface area contributed by atoms with Crippen molar-refractivity contribution in [1.82, 2.24) is 0 Å². The fraction of sp³-hybridized carbons (Fsp3) is 0.0714. The monoisotopic (exact) mass is 289 g/mol. The minimum atomic E-state index is -0.625. The zero-order chi connectivity index (χ0) is 15.6. The maximum Gasteiger partial charge on any atom is 0.292 e. The fourth-order valence-electron chi connectivity index (χ4n) is 1.79. The molecule has 2 aromatic carbocycles. The molecule has 1 amide bonds. The van der Waals surface area contributed by atoms with Crippen LogP contribution in [0.1, 0.15) is 15.9 Å². The van der Waals surface area contributed by atoms with E-state index < -0.39 is 10.8 Å². The van der Waals surface area contributed by atoms with E-state index in [1.54, 1.807) is 6.92 Å². The van der Waals surface area contributed by atoms with Crippen molar-refractivity contribution in [3.8, 4) is 0 Å². The molecule has 0 aliphatic heterocycles. The highest BCUT2D eigenvalue weighted by atomic mass is 19.1. The summed E-state index contributed by atoms with van der Waals surface area (Å²) in [5, 5.41) is 13.2. The van der Waals surface area contributed by atoms with E-state index >= 15 is 0 Å². The molecule has 0 radical (unpaired) electrons. The second-order valence-corrected chi connectivity index (χ2v) is 4.45. The second kappa shape index (κ2) is 5.58. The van der Waals surface area contributed by atoms with Crippen molar-refractivity contribution in [1.29, 1.82) is 0 Å². The first-order valence-corrected chi connectivity index (χ1v) is 6.00. The number of nitrogens with two attached hydrogens (primary N) is 1. The Morgan fingerprint density at radius 2 is 2.00 bits per heavy atom. The Morgan fingerprint density at radius 1 is 1.29 bits per heavy atom. The Bertz CT molecular complexity index is 731. The molecule has 108 valence electrons. The summed E-state index contributed by atoms with van der Waals surface area (Å²) in [6.45, 7) is 1.58. The largest absolute Gasteiger partial charge is 0.393 e. The molecule has 0 atom stereocenters. The van der Waals surface area contributed by atoms with Gasteiger partial charge in [-0.15, -0.1) is 0 Å². The summed E-state index contributed by atoms with van der Waals surface area (Å²) >= 11 is 0. The Morgan fingerprint density at radius 3 is 2.57 bits per heavy atom. The number of carbonyl (C=O) groups is 1. The molecule has 0 aliphatic carbocycles. The number of carbonyl (C=O) groups excluding carboxylic acids is 1. The summed E-state index contributed by atoms with van der Waals surface area (Å²) in [5.74, 6) is -0.852. The van der Waals surface area contributed by atoms with E-state index in [1.807, 2.05) is 0 Å². The van der Waals surface area contributed by atoms with Gasteiger partial charge in [0.1, 0.15) is 11.5 Å². The molecule has 0 fully saturated rings. The van der Waals surface area contributed by atoms with Crippen LogP contribution in [0.15, 0.2) is 36.4 Å². The standard InChI is InChI=1S/C14H12FN3O3/c1-8-6-10(3-4-11(8)15)17-14(19)9-2-5-13(18(20)21)12(16)7-9/h2-7H,16H2,1H3,(H,17,19). The van der Waals surface area contributed by atoms with Crippen LogP contribution in [0.3, 0.4) is 0 Å². The van der Waals surface area contributed by atoms with Gasteiger partial charge in [-0.05, 0) is 42.8 Å². The lowest BCUT2D eigenvalue weighted by molar-refractivity contribution is -0.383. The maximum absolute atomic E-state index is 13.1. The molecular formula is C14H12FN3O3. The summed E-state index contributed by atoms with van der Waals surface area (Å²) in [4.78, 5) is 22.0. The van der Waals surface area contributed by atoms with Gasteiger partial charge in [-0.1, -0.05) is 0 Å². The van der Waals surface area contributed by atoms with E-state index in [0.29, 0.717) is 11.3 Å². The third-order valence-corrected chi connectivity index (χ3v) is 2.90. The zero-order valence-corrected chi connectivity index (χ0v) is 11.1. The van der Waals surface area contributed by atoms with Crippen LogP contribution in [0.25, 0.3) is 0 Å². The van der Waals surface area contributed by atoms with Gasteiger partial charge in [-0.2, -0.15) is 0 Å². The summed E-state index contributed by atoms with van der Waals surface area (Å²) in [6, 6.07) is 7.86. The number of halogens is 1. The molecule has 0 bridgehead atoms. The van der Waals surface area contributed by atoms with Crippen LogP contribution in [0.4, 0.5) is 21.5 Å². The Hall–Kier alpha value is -2.96. The number of nitro benzene ring substituents is 1. The van der Waals surface area contributed by atoms with Gasteiger partial charge in [0.15, 0.2) is 0 Å². The average molecular weight is 289 g/mol. The smallest absolute Gasteiger partial charge is 0.292 e. The van der Waals surface area contributed by atoms with Crippen LogP contribution in [0.2, 0.25) is 0 Å². The van der Waals surface area contributed by atoms with E-state index in [0.717, 1.165) is 0 Å². The predicted octanol–water partition coefficient (Wildman–Crippen LogP) is 2.88. The highest BCUT2D eigenvalue weighted by Crippen LogP contribution is 2.23. The maximum atomic E-state index is 13.1. The normalized spacial score (nSPS) is 10.2. The molecule has 2 rings (SSSR count). The quantitative estimate of drug-likeness (QED) is 0.515. The van der Waals surface area contributed by atoms with Crippen LogP contribution in [0, 0.1) is 22.9 Å². The molecule has 7 heteroatoms. The predicted molar refractivity (Wildman–Crippen MR) is 76.6 cm³/mol. The van der Waals surface area contributed by atoms with Crippen LogP contribution >= 0.6 is 0 Å². The third-order valence-electron chi connectivity index (χ3n) is 2.90. The second-order valence-electron chi connectivity index (χ2n) is 4.45. The topological polar surface area (TPSA) is 98.3 Å². The Kier molecular flexibility index (Phi) is 3.84. The lowest BCUT2D eigenvalue weighted by Gasteiger charge is -2.07. The SMILES string of the molecule is Cc1cc(NC(=O)c2ccc([N+](=O)[O-])c(N)c2)ccc1F. The first-order chi connectivity index (χ1) is 9.88. The summed E-state index contributed by atoms with van der Waals surface area (Å²) in [7, 11) is 0. The summed E-state index contributed by atoms with van der Waals surface area (Å²) < 4.78 is 13.1. The highest BCUT2D eigenvalue weighted by molar-refractivity contribution is 6.05. The minimum Gasteiger partial charge on any atom is -0.393 e. The van der Waals surface area contributed by atoms with Gasteiger partial charge in [-0.25, -0.2) is 4.39 Å². The van der Waals surface area contributed by atoms with Gasteiger partial charge < -0.3 is 11.1 Å². The molecule has 0 saturated carbocycles. The van der Waals surface area contributed by atoms with E-state index in [9.17, 15) is 19.3 Å². The van der Waals surface area contributed by atoms with Crippen molar-refractivity contribution >= 4 is 23.0 Å². The molecule has 2 aromatic rings. The van der Waals surface area contributed by atoms with Gasteiger partial charge >= 0.3 is 0 Å².